The smallest absolute Gasteiger partial charge is 0.257 e. The molecular weight excluding hydrogens is 230 g/mol. The van der Waals surface area contributed by atoms with Crippen LogP contribution in [-0.4, -0.2) is 34.8 Å². The Morgan fingerprint density at radius 2 is 2.17 bits per heavy atom. The number of hydrogen-bond donors (Lipinski definition) is 1. The van der Waals surface area contributed by atoms with Crippen molar-refractivity contribution in [2.75, 3.05) is 13.1 Å². The van der Waals surface area contributed by atoms with Gasteiger partial charge in [-0.25, -0.2) is 0 Å². The van der Waals surface area contributed by atoms with Crippen LogP contribution in [0, 0.1) is 12.8 Å². The SMILES string of the molecule is Cc1ccc(C(=O)N2CCC(=O)C(C)C2)c(O)c1. The molecule has 1 atom stereocenters. The van der Waals surface area contributed by atoms with E-state index in [9.17, 15) is 14.7 Å². The van der Waals surface area contributed by atoms with E-state index in [4.69, 9.17) is 0 Å². The molecule has 2 rings (SSSR count). The molecule has 0 aliphatic carbocycles. The molecule has 18 heavy (non-hydrogen) atoms. The van der Waals surface area contributed by atoms with Gasteiger partial charge >= 0.3 is 0 Å². The Kier molecular flexibility index (Phi) is 3.36. The van der Waals surface area contributed by atoms with Gasteiger partial charge in [0.1, 0.15) is 11.5 Å². The van der Waals surface area contributed by atoms with Crippen molar-refractivity contribution in [2.24, 2.45) is 5.92 Å². The topological polar surface area (TPSA) is 57.6 Å². The van der Waals surface area contributed by atoms with Gasteiger partial charge in [-0.2, -0.15) is 0 Å². The first-order chi connectivity index (χ1) is 8.49. The van der Waals surface area contributed by atoms with Crippen LogP contribution in [0.15, 0.2) is 18.2 Å². The number of Topliss-reactive ketones (excluding diaryl/α,β-unsaturated/α-hetero) is 1. The van der Waals surface area contributed by atoms with Crippen LogP contribution < -0.4 is 0 Å². The Bertz CT molecular complexity index is 496. The lowest BCUT2D eigenvalue weighted by molar-refractivity contribution is -0.124. The summed E-state index contributed by atoms with van der Waals surface area (Å²) in [5.74, 6) is -0.112. The third kappa shape index (κ3) is 2.37. The number of rotatable bonds is 1. The minimum Gasteiger partial charge on any atom is -0.507 e. The van der Waals surface area contributed by atoms with Gasteiger partial charge in [-0.1, -0.05) is 13.0 Å². The van der Waals surface area contributed by atoms with Crippen LogP contribution >= 0.6 is 0 Å². The van der Waals surface area contributed by atoms with Gasteiger partial charge in [0.05, 0.1) is 5.56 Å². The van der Waals surface area contributed by atoms with Crippen molar-refractivity contribution in [1.82, 2.24) is 4.90 Å². The first kappa shape index (κ1) is 12.6. The monoisotopic (exact) mass is 247 g/mol. The normalized spacial score (nSPS) is 20.0. The Labute approximate surface area is 106 Å². The second kappa shape index (κ2) is 4.80. The summed E-state index contributed by atoms with van der Waals surface area (Å²) in [4.78, 5) is 25.3. The van der Waals surface area contributed by atoms with Gasteiger partial charge in [0, 0.05) is 25.4 Å². The average molecular weight is 247 g/mol. The van der Waals surface area contributed by atoms with E-state index < -0.39 is 0 Å². The van der Waals surface area contributed by atoms with E-state index in [1.807, 2.05) is 13.8 Å². The van der Waals surface area contributed by atoms with Crippen molar-refractivity contribution in [3.05, 3.63) is 29.3 Å². The predicted octanol–water partition coefficient (Wildman–Crippen LogP) is 1.75. The molecular formula is C14H17NO3. The molecule has 1 aliphatic heterocycles. The van der Waals surface area contributed by atoms with Crippen molar-refractivity contribution in [2.45, 2.75) is 20.3 Å². The minimum atomic E-state index is -0.202. The minimum absolute atomic E-state index is 0.00422. The quantitative estimate of drug-likeness (QED) is 0.822. The largest absolute Gasteiger partial charge is 0.507 e. The van der Waals surface area contributed by atoms with E-state index in [0.29, 0.717) is 25.1 Å². The van der Waals surface area contributed by atoms with Gasteiger partial charge in [0.15, 0.2) is 0 Å². The predicted molar refractivity (Wildman–Crippen MR) is 67.5 cm³/mol. The molecule has 1 saturated heterocycles. The van der Waals surface area contributed by atoms with Gasteiger partial charge < -0.3 is 10.0 Å². The maximum atomic E-state index is 12.2. The maximum Gasteiger partial charge on any atom is 0.257 e. The molecule has 1 amide bonds. The van der Waals surface area contributed by atoms with E-state index in [-0.39, 0.29) is 23.4 Å². The number of nitrogens with zero attached hydrogens (tertiary/aromatic N) is 1. The molecule has 4 nitrogen and oxygen atoms in total. The summed E-state index contributed by atoms with van der Waals surface area (Å²) in [5.41, 5.74) is 1.22. The van der Waals surface area contributed by atoms with Crippen LogP contribution in [0.1, 0.15) is 29.3 Å². The number of ketones is 1. The average Bonchev–Trinajstić information content (AvgIpc) is 2.32. The molecule has 1 heterocycles. The molecule has 1 aromatic rings. The highest BCUT2D eigenvalue weighted by Crippen LogP contribution is 2.22. The van der Waals surface area contributed by atoms with Crippen molar-refractivity contribution in [3.8, 4) is 5.75 Å². The highest BCUT2D eigenvalue weighted by Gasteiger charge is 2.28. The summed E-state index contributed by atoms with van der Waals surface area (Å²) in [6.07, 6.45) is 0.402. The van der Waals surface area contributed by atoms with Crippen molar-refractivity contribution in [1.29, 1.82) is 0 Å². The lowest BCUT2D eigenvalue weighted by Gasteiger charge is -2.30. The molecule has 1 fully saturated rings. The molecule has 0 aromatic heterocycles. The number of likely N-dealkylation sites (tertiary alicyclic amines) is 1. The Morgan fingerprint density at radius 3 is 2.78 bits per heavy atom. The zero-order valence-electron chi connectivity index (χ0n) is 10.6. The fourth-order valence-electron chi connectivity index (χ4n) is 2.19. The van der Waals surface area contributed by atoms with Gasteiger partial charge in [-0.15, -0.1) is 0 Å². The summed E-state index contributed by atoms with van der Waals surface area (Å²) in [6.45, 7) is 4.56. The fraction of sp³-hybridized carbons (Fsp3) is 0.429. The zero-order chi connectivity index (χ0) is 13.3. The Hall–Kier alpha value is -1.84. The van der Waals surface area contributed by atoms with E-state index in [1.165, 1.54) is 0 Å². The molecule has 1 aliphatic rings. The van der Waals surface area contributed by atoms with Crippen LogP contribution in [0.2, 0.25) is 0 Å². The number of aryl methyl sites for hydroxylation is 1. The molecule has 4 heteroatoms. The number of carbonyl (C=O) groups excluding carboxylic acids is 2. The van der Waals surface area contributed by atoms with Gasteiger partial charge in [0.2, 0.25) is 0 Å². The van der Waals surface area contributed by atoms with Gasteiger partial charge in [0.25, 0.3) is 5.91 Å². The number of aromatic hydroxyl groups is 1. The molecule has 96 valence electrons. The number of piperidine rings is 1. The first-order valence-corrected chi connectivity index (χ1v) is 6.10. The maximum absolute atomic E-state index is 12.2. The lowest BCUT2D eigenvalue weighted by atomic mass is 9.97. The molecule has 0 spiro atoms. The van der Waals surface area contributed by atoms with Crippen LogP contribution in [-0.2, 0) is 4.79 Å². The van der Waals surface area contributed by atoms with Crippen molar-refractivity contribution < 1.29 is 14.7 Å². The second-order valence-corrected chi connectivity index (χ2v) is 4.89. The van der Waals surface area contributed by atoms with Gasteiger partial charge in [-0.05, 0) is 24.6 Å². The first-order valence-electron chi connectivity index (χ1n) is 6.10. The van der Waals surface area contributed by atoms with Crippen molar-refractivity contribution in [3.63, 3.8) is 0 Å². The molecule has 0 saturated carbocycles. The molecule has 1 N–H and O–H groups in total. The summed E-state index contributed by atoms with van der Waals surface area (Å²) in [6, 6.07) is 5.01. The number of hydrogen-bond acceptors (Lipinski definition) is 3. The summed E-state index contributed by atoms with van der Waals surface area (Å²) in [5, 5.41) is 9.80. The standard InChI is InChI=1S/C14H17NO3/c1-9-3-4-11(13(17)7-9)14(18)15-6-5-12(16)10(2)8-15/h3-4,7,10,17H,5-6,8H2,1-2H3. The van der Waals surface area contributed by atoms with Crippen LogP contribution in [0.25, 0.3) is 0 Å². The highest BCUT2D eigenvalue weighted by atomic mass is 16.3. The van der Waals surface area contributed by atoms with E-state index in [0.717, 1.165) is 5.56 Å². The number of benzene rings is 1. The van der Waals surface area contributed by atoms with Crippen LogP contribution in [0.3, 0.4) is 0 Å². The van der Waals surface area contributed by atoms with E-state index in [2.05, 4.69) is 0 Å². The third-order valence-electron chi connectivity index (χ3n) is 3.34. The number of phenols is 1. The number of amides is 1. The highest BCUT2D eigenvalue weighted by molar-refractivity contribution is 5.98. The molecule has 0 radical (unpaired) electrons. The molecule has 1 aromatic carbocycles. The number of phenolic OH excluding ortho intramolecular Hbond substituents is 1. The van der Waals surface area contributed by atoms with E-state index in [1.54, 1.807) is 23.1 Å². The molecule has 1 unspecified atom stereocenters. The summed E-state index contributed by atoms with van der Waals surface area (Å²) in [7, 11) is 0. The second-order valence-electron chi connectivity index (χ2n) is 4.89. The molecule has 0 bridgehead atoms. The fourth-order valence-corrected chi connectivity index (χ4v) is 2.19. The van der Waals surface area contributed by atoms with Crippen LogP contribution in [0.5, 0.6) is 5.75 Å². The van der Waals surface area contributed by atoms with Crippen molar-refractivity contribution >= 4 is 11.7 Å². The van der Waals surface area contributed by atoms with E-state index >= 15 is 0 Å². The zero-order valence-corrected chi connectivity index (χ0v) is 10.6. The Morgan fingerprint density at radius 1 is 1.44 bits per heavy atom. The summed E-state index contributed by atoms with van der Waals surface area (Å²) >= 11 is 0. The van der Waals surface area contributed by atoms with Gasteiger partial charge in [-0.3, -0.25) is 9.59 Å². The number of carbonyl (C=O) groups is 2. The van der Waals surface area contributed by atoms with Crippen LogP contribution in [0.4, 0.5) is 0 Å². The third-order valence-corrected chi connectivity index (χ3v) is 3.34. The Balaban J connectivity index is 2.19. The summed E-state index contributed by atoms with van der Waals surface area (Å²) < 4.78 is 0. The lowest BCUT2D eigenvalue weighted by Crippen LogP contribution is -2.43.